The van der Waals surface area contributed by atoms with Crippen LogP contribution in [0, 0.1) is 5.82 Å². The number of oxime groups is 1. The maximum Gasteiger partial charge on any atom is 0.172 e. The average molecular weight is 294 g/mol. The fourth-order valence-corrected chi connectivity index (χ4v) is 2.04. The second-order valence-corrected chi connectivity index (χ2v) is 4.62. The van der Waals surface area contributed by atoms with Crippen molar-refractivity contribution >= 4 is 28.8 Å². The lowest BCUT2D eigenvalue weighted by Gasteiger charge is -2.22. The van der Waals surface area contributed by atoms with Gasteiger partial charge in [-0.15, -0.1) is 0 Å². The van der Waals surface area contributed by atoms with E-state index in [9.17, 15) is 4.39 Å². The normalized spacial score (nSPS) is 11.4. The largest absolute Gasteiger partial charge is 0.409 e. The highest BCUT2D eigenvalue weighted by molar-refractivity contribution is 6.31. The lowest BCUT2D eigenvalue weighted by molar-refractivity contribution is 0.318. The first kappa shape index (κ1) is 14.1. The maximum absolute atomic E-state index is 13.3. The molecule has 0 fully saturated rings. The summed E-state index contributed by atoms with van der Waals surface area (Å²) in [6.07, 6.45) is 0. The molecule has 20 heavy (non-hydrogen) atoms. The molecule has 0 amide bonds. The van der Waals surface area contributed by atoms with Crippen LogP contribution in [0.2, 0.25) is 5.02 Å². The van der Waals surface area contributed by atoms with Gasteiger partial charge in [-0.3, -0.25) is 0 Å². The van der Waals surface area contributed by atoms with Crippen molar-refractivity contribution in [3.05, 3.63) is 58.9 Å². The van der Waals surface area contributed by atoms with Crippen molar-refractivity contribution in [2.45, 2.75) is 0 Å². The van der Waals surface area contributed by atoms with Gasteiger partial charge in [-0.05, 0) is 36.4 Å². The van der Waals surface area contributed by atoms with Gasteiger partial charge in [0.2, 0.25) is 0 Å². The molecule has 0 aliphatic heterocycles. The van der Waals surface area contributed by atoms with Gasteiger partial charge in [0.15, 0.2) is 5.84 Å². The van der Waals surface area contributed by atoms with Crippen molar-refractivity contribution in [3.63, 3.8) is 0 Å². The van der Waals surface area contributed by atoms with Crippen LogP contribution in [0.4, 0.5) is 15.8 Å². The Hall–Kier alpha value is -2.27. The summed E-state index contributed by atoms with van der Waals surface area (Å²) < 4.78 is 13.3. The predicted octanol–water partition coefficient (Wildman–Crippen LogP) is 3.34. The highest BCUT2D eigenvalue weighted by Gasteiger charge is 2.13. The summed E-state index contributed by atoms with van der Waals surface area (Å²) in [7, 11) is 1.74. The van der Waals surface area contributed by atoms with E-state index in [0.717, 1.165) is 0 Å². The Bertz CT molecular complexity index is 661. The standard InChI is InChI=1S/C14H13ClFN3O/c1-19(11-4-2-3-10(16)8-11)13-7-9(15)5-6-12(13)14(17)18-20/h2-8,20H,1H3,(H2,17,18). The monoisotopic (exact) mass is 293 g/mol. The zero-order chi connectivity index (χ0) is 14.7. The number of halogens is 2. The number of hydrogen-bond acceptors (Lipinski definition) is 3. The Morgan fingerprint density at radius 3 is 2.70 bits per heavy atom. The van der Waals surface area contributed by atoms with Crippen LogP contribution < -0.4 is 10.6 Å². The van der Waals surface area contributed by atoms with Crippen molar-refractivity contribution in [3.8, 4) is 0 Å². The van der Waals surface area contributed by atoms with E-state index < -0.39 is 0 Å². The van der Waals surface area contributed by atoms with Gasteiger partial charge < -0.3 is 15.8 Å². The van der Waals surface area contributed by atoms with Crippen LogP contribution in [-0.2, 0) is 0 Å². The van der Waals surface area contributed by atoms with Crippen molar-refractivity contribution in [2.75, 3.05) is 11.9 Å². The van der Waals surface area contributed by atoms with Crippen LogP contribution in [-0.4, -0.2) is 18.1 Å². The highest BCUT2D eigenvalue weighted by Crippen LogP contribution is 2.30. The van der Waals surface area contributed by atoms with Gasteiger partial charge >= 0.3 is 0 Å². The lowest BCUT2D eigenvalue weighted by atomic mass is 10.1. The number of rotatable bonds is 3. The van der Waals surface area contributed by atoms with Crippen LogP contribution in [0.1, 0.15) is 5.56 Å². The van der Waals surface area contributed by atoms with E-state index >= 15 is 0 Å². The van der Waals surface area contributed by atoms with Crippen molar-refractivity contribution in [2.24, 2.45) is 10.9 Å². The Balaban J connectivity index is 2.53. The molecule has 0 radical (unpaired) electrons. The quantitative estimate of drug-likeness (QED) is 0.395. The summed E-state index contributed by atoms with van der Waals surface area (Å²) >= 11 is 5.98. The van der Waals surface area contributed by atoms with Crippen LogP contribution in [0.15, 0.2) is 47.6 Å². The maximum atomic E-state index is 13.3. The van der Waals surface area contributed by atoms with E-state index in [1.54, 1.807) is 42.3 Å². The van der Waals surface area contributed by atoms with Crippen molar-refractivity contribution in [1.29, 1.82) is 0 Å². The number of benzene rings is 2. The van der Waals surface area contributed by atoms with Gasteiger partial charge in [0.25, 0.3) is 0 Å². The SMILES string of the molecule is CN(c1cccc(F)c1)c1cc(Cl)ccc1C(N)=NO. The molecule has 0 aromatic heterocycles. The molecule has 2 aromatic carbocycles. The summed E-state index contributed by atoms with van der Waals surface area (Å²) in [4.78, 5) is 1.71. The fraction of sp³-hybridized carbons (Fsp3) is 0.0714. The first-order chi connectivity index (χ1) is 9.52. The second-order valence-electron chi connectivity index (χ2n) is 4.19. The molecule has 4 nitrogen and oxygen atoms in total. The van der Waals surface area contributed by atoms with Gasteiger partial charge in [-0.2, -0.15) is 0 Å². The van der Waals surface area contributed by atoms with Crippen molar-refractivity contribution in [1.82, 2.24) is 0 Å². The zero-order valence-corrected chi connectivity index (χ0v) is 11.5. The molecule has 0 saturated heterocycles. The van der Waals surface area contributed by atoms with E-state index in [-0.39, 0.29) is 11.7 Å². The van der Waals surface area contributed by atoms with E-state index in [2.05, 4.69) is 5.16 Å². The average Bonchev–Trinajstić information content (AvgIpc) is 2.45. The molecule has 0 spiro atoms. The summed E-state index contributed by atoms with van der Waals surface area (Å²) in [6, 6.07) is 11.0. The third-order valence-corrected chi connectivity index (χ3v) is 3.14. The molecule has 0 aliphatic carbocycles. The lowest BCUT2D eigenvalue weighted by Crippen LogP contribution is -2.19. The zero-order valence-electron chi connectivity index (χ0n) is 10.7. The molecule has 2 aromatic rings. The third-order valence-electron chi connectivity index (χ3n) is 2.90. The topological polar surface area (TPSA) is 61.8 Å². The Morgan fingerprint density at radius 2 is 2.05 bits per heavy atom. The smallest absolute Gasteiger partial charge is 0.172 e. The van der Waals surface area contributed by atoms with Crippen LogP contribution in [0.25, 0.3) is 0 Å². The van der Waals surface area contributed by atoms with Gasteiger partial charge in [0, 0.05) is 23.3 Å². The predicted molar refractivity (Wildman–Crippen MR) is 78.4 cm³/mol. The number of amidine groups is 1. The highest BCUT2D eigenvalue weighted by atomic mass is 35.5. The molecule has 0 aliphatic rings. The molecule has 0 bridgehead atoms. The third kappa shape index (κ3) is 2.83. The van der Waals surface area contributed by atoms with Gasteiger partial charge in [0.1, 0.15) is 5.82 Å². The number of hydrogen-bond donors (Lipinski definition) is 2. The van der Waals surface area contributed by atoms with Crippen LogP contribution in [0.3, 0.4) is 0 Å². The van der Waals surface area contributed by atoms with E-state index in [0.29, 0.717) is 22.0 Å². The molecular weight excluding hydrogens is 281 g/mol. The molecule has 6 heteroatoms. The minimum atomic E-state index is -0.346. The second kappa shape index (κ2) is 5.79. The summed E-state index contributed by atoms with van der Waals surface area (Å²) in [6.45, 7) is 0. The molecule has 104 valence electrons. The van der Waals surface area contributed by atoms with Crippen LogP contribution in [0.5, 0.6) is 0 Å². The van der Waals surface area contributed by atoms with E-state index in [1.165, 1.54) is 12.1 Å². The molecule has 0 saturated carbocycles. The molecule has 0 unspecified atom stereocenters. The molecule has 3 N–H and O–H groups in total. The molecular formula is C14H13ClFN3O. The molecule has 2 rings (SSSR count). The fourth-order valence-electron chi connectivity index (χ4n) is 1.88. The number of nitrogens with two attached hydrogens (primary N) is 1. The summed E-state index contributed by atoms with van der Waals surface area (Å²) in [5.41, 5.74) is 7.38. The first-order valence-corrected chi connectivity index (χ1v) is 6.17. The van der Waals surface area contributed by atoms with E-state index in [1.807, 2.05) is 0 Å². The van der Waals surface area contributed by atoms with E-state index in [4.69, 9.17) is 22.5 Å². The first-order valence-electron chi connectivity index (χ1n) is 5.79. The Labute approximate surface area is 120 Å². The number of anilines is 2. The Kier molecular flexibility index (Phi) is 4.10. The van der Waals surface area contributed by atoms with Crippen LogP contribution >= 0.6 is 11.6 Å². The van der Waals surface area contributed by atoms with Gasteiger partial charge in [-0.25, -0.2) is 4.39 Å². The van der Waals surface area contributed by atoms with Gasteiger partial charge in [-0.1, -0.05) is 22.8 Å². The molecule has 0 heterocycles. The summed E-state index contributed by atoms with van der Waals surface area (Å²) in [5, 5.41) is 12.3. The minimum absolute atomic E-state index is 0.0417. The minimum Gasteiger partial charge on any atom is -0.409 e. The van der Waals surface area contributed by atoms with Gasteiger partial charge in [0.05, 0.1) is 5.69 Å². The van der Waals surface area contributed by atoms with Crippen molar-refractivity contribution < 1.29 is 9.60 Å². The molecule has 0 atom stereocenters. The number of nitrogens with zero attached hydrogens (tertiary/aromatic N) is 2. The summed E-state index contributed by atoms with van der Waals surface area (Å²) in [5.74, 6) is -0.387. The Morgan fingerprint density at radius 1 is 1.30 bits per heavy atom.